The molecule has 3 aromatic heterocycles. The molecule has 0 spiro atoms. The van der Waals surface area contributed by atoms with Gasteiger partial charge in [0.05, 0.1) is 40.3 Å². The Morgan fingerprint density at radius 1 is 0.400 bits per heavy atom. The van der Waals surface area contributed by atoms with Crippen LogP contribution in [0.2, 0.25) is 0 Å². The summed E-state index contributed by atoms with van der Waals surface area (Å²) in [5.41, 5.74) is 12.4. The molecule has 0 radical (unpaired) electrons. The van der Waals surface area contributed by atoms with E-state index < -0.39 is 0 Å². The lowest BCUT2D eigenvalue weighted by molar-refractivity contribution is 1.07. The monoisotopic (exact) mass is 765 g/mol. The van der Waals surface area contributed by atoms with Crippen molar-refractivity contribution in [2.45, 2.75) is 0 Å². The van der Waals surface area contributed by atoms with Crippen LogP contribution in [0.1, 0.15) is 5.56 Å². The van der Waals surface area contributed by atoms with Crippen LogP contribution in [-0.2, 0) is 0 Å². The molecule has 7 nitrogen and oxygen atoms in total. The van der Waals surface area contributed by atoms with Crippen molar-refractivity contribution in [2.75, 3.05) is 0 Å². The summed E-state index contributed by atoms with van der Waals surface area (Å²) in [7, 11) is 0. The number of fused-ring (bicyclic) bond motifs is 6. The minimum Gasteiger partial charge on any atom is -0.309 e. The van der Waals surface area contributed by atoms with Crippen molar-refractivity contribution in [2.24, 2.45) is 0 Å². The van der Waals surface area contributed by atoms with Crippen molar-refractivity contribution in [1.82, 2.24) is 24.1 Å². The molecule has 0 unspecified atom stereocenters. The van der Waals surface area contributed by atoms with Gasteiger partial charge >= 0.3 is 0 Å². The van der Waals surface area contributed by atoms with Crippen molar-refractivity contribution < 1.29 is 0 Å². The van der Waals surface area contributed by atoms with Crippen LogP contribution in [0.15, 0.2) is 188 Å². The standard InChI is InChI=1S/C53H31N7/c1-55-40-24-18-35(19-25-40)51-56-52(58-53(57-51)39-11-9-10-34(30-39)33-54)36-20-26-42(27-21-36)60-48-17-8-6-15-44(48)46-32-38(23-29-50(46)60)37-22-28-49-45(31-37)43-14-5-7-16-47(43)59(49)41-12-3-2-4-13-41/h2-32H. The second-order valence-electron chi connectivity index (χ2n) is 14.7. The molecule has 8 aromatic carbocycles. The molecule has 0 atom stereocenters. The van der Waals surface area contributed by atoms with Crippen LogP contribution in [-0.4, -0.2) is 24.1 Å². The highest BCUT2D eigenvalue weighted by molar-refractivity contribution is 6.12. The summed E-state index contributed by atoms with van der Waals surface area (Å²) >= 11 is 0. The van der Waals surface area contributed by atoms with Crippen molar-refractivity contribution in [3.63, 3.8) is 0 Å². The first-order chi connectivity index (χ1) is 29.6. The number of para-hydroxylation sites is 3. The Balaban J connectivity index is 1.00. The van der Waals surface area contributed by atoms with Crippen LogP contribution in [0.4, 0.5) is 5.69 Å². The SMILES string of the molecule is [C-]#[N+]c1ccc(-c2nc(-c3ccc(-n4c5ccccc5c5cc(-c6ccc7c(c6)c6ccccc6n7-c6ccccc6)ccc54)cc3)nc(-c3cccc(C#N)c3)n2)cc1. The van der Waals surface area contributed by atoms with Crippen molar-refractivity contribution >= 4 is 49.3 Å². The van der Waals surface area contributed by atoms with Gasteiger partial charge in [0.2, 0.25) is 0 Å². The number of rotatable bonds is 6. The lowest BCUT2D eigenvalue weighted by Gasteiger charge is -2.11. The third kappa shape index (κ3) is 5.77. The lowest BCUT2D eigenvalue weighted by Crippen LogP contribution is -2.00. The molecular weight excluding hydrogens is 735 g/mol. The van der Waals surface area contributed by atoms with Gasteiger partial charge in [-0.1, -0.05) is 103 Å². The normalized spacial score (nSPS) is 11.3. The Kier molecular flexibility index (Phi) is 8.11. The minimum atomic E-state index is 0.463. The maximum atomic E-state index is 9.60. The molecular formula is C53H31N7. The number of aromatic nitrogens is 5. The summed E-state index contributed by atoms with van der Waals surface area (Å²) in [5, 5.41) is 14.4. The highest BCUT2D eigenvalue weighted by Crippen LogP contribution is 2.38. The highest BCUT2D eigenvalue weighted by Gasteiger charge is 2.18. The largest absolute Gasteiger partial charge is 0.309 e. The van der Waals surface area contributed by atoms with Gasteiger partial charge in [0.25, 0.3) is 0 Å². The summed E-state index contributed by atoms with van der Waals surface area (Å²) in [6.07, 6.45) is 0. The first-order valence-electron chi connectivity index (χ1n) is 19.6. The molecule has 0 fully saturated rings. The molecule has 0 amide bonds. The average Bonchev–Trinajstić information content (AvgIpc) is 3.84. The number of nitrogens with zero attached hydrogens (tertiary/aromatic N) is 7. The summed E-state index contributed by atoms with van der Waals surface area (Å²) in [4.78, 5) is 18.2. The lowest BCUT2D eigenvalue weighted by atomic mass is 10.0. The van der Waals surface area contributed by atoms with Crippen LogP contribution < -0.4 is 0 Å². The van der Waals surface area contributed by atoms with E-state index in [2.05, 4.69) is 147 Å². The Morgan fingerprint density at radius 2 is 0.867 bits per heavy atom. The van der Waals surface area contributed by atoms with E-state index in [-0.39, 0.29) is 0 Å². The first kappa shape index (κ1) is 34.6. The smallest absolute Gasteiger partial charge is 0.187 e. The summed E-state index contributed by atoms with van der Waals surface area (Å²) in [6.45, 7) is 7.38. The Hall–Kier alpha value is -8.65. The fourth-order valence-electron chi connectivity index (χ4n) is 8.37. The molecule has 3 heterocycles. The molecule has 0 aliphatic rings. The maximum Gasteiger partial charge on any atom is 0.187 e. The molecule has 11 aromatic rings. The zero-order valence-electron chi connectivity index (χ0n) is 32.0. The van der Waals surface area contributed by atoms with E-state index in [9.17, 15) is 5.26 Å². The van der Waals surface area contributed by atoms with Crippen LogP contribution in [0.3, 0.4) is 0 Å². The first-order valence-corrected chi connectivity index (χ1v) is 19.6. The van der Waals surface area contributed by atoms with Gasteiger partial charge in [-0.25, -0.2) is 19.8 Å². The topological polar surface area (TPSA) is 76.7 Å². The molecule has 0 aliphatic carbocycles. The van der Waals surface area contributed by atoms with E-state index in [0.29, 0.717) is 28.7 Å². The van der Waals surface area contributed by atoms with Crippen molar-refractivity contribution in [3.05, 3.63) is 205 Å². The molecule has 0 N–H and O–H groups in total. The third-order valence-corrected chi connectivity index (χ3v) is 11.2. The zero-order valence-corrected chi connectivity index (χ0v) is 32.0. The highest BCUT2D eigenvalue weighted by atomic mass is 15.0. The average molecular weight is 766 g/mol. The summed E-state index contributed by atoms with van der Waals surface area (Å²) in [5.74, 6) is 1.45. The van der Waals surface area contributed by atoms with Gasteiger partial charge in [-0.15, -0.1) is 0 Å². The van der Waals surface area contributed by atoms with E-state index in [1.165, 1.54) is 38.1 Å². The third-order valence-electron chi connectivity index (χ3n) is 11.2. The zero-order chi connectivity index (χ0) is 40.2. The quantitative estimate of drug-likeness (QED) is 0.158. The van der Waals surface area contributed by atoms with E-state index >= 15 is 0 Å². The van der Waals surface area contributed by atoms with Crippen LogP contribution in [0.5, 0.6) is 0 Å². The van der Waals surface area contributed by atoms with E-state index in [1.54, 1.807) is 24.3 Å². The molecule has 60 heavy (non-hydrogen) atoms. The van der Waals surface area contributed by atoms with Gasteiger partial charge in [-0.05, 0) is 96.1 Å². The van der Waals surface area contributed by atoms with Gasteiger partial charge in [-0.3, -0.25) is 0 Å². The predicted molar refractivity (Wildman–Crippen MR) is 241 cm³/mol. The van der Waals surface area contributed by atoms with Gasteiger partial charge < -0.3 is 9.13 Å². The number of hydrogen-bond donors (Lipinski definition) is 0. The van der Waals surface area contributed by atoms with Crippen molar-refractivity contribution in [3.8, 4) is 62.7 Å². The van der Waals surface area contributed by atoms with Gasteiger partial charge in [-0.2, -0.15) is 5.26 Å². The summed E-state index contributed by atoms with van der Waals surface area (Å²) < 4.78 is 4.66. The molecule has 7 heteroatoms. The molecule has 278 valence electrons. The second kappa shape index (κ2) is 14.1. The molecule has 0 bridgehead atoms. The van der Waals surface area contributed by atoms with E-state index in [1.807, 2.05) is 36.4 Å². The minimum absolute atomic E-state index is 0.463. The van der Waals surface area contributed by atoms with Gasteiger partial charge in [0.15, 0.2) is 23.2 Å². The number of hydrogen-bond acceptors (Lipinski definition) is 4. The molecule has 11 rings (SSSR count). The Morgan fingerprint density at radius 3 is 1.42 bits per heavy atom. The fourth-order valence-corrected chi connectivity index (χ4v) is 8.37. The molecule has 0 saturated carbocycles. The number of benzene rings is 8. The number of nitriles is 1. The summed E-state index contributed by atoms with van der Waals surface area (Å²) in [6, 6.07) is 66.3. The predicted octanol–water partition coefficient (Wildman–Crippen LogP) is 13.2. The van der Waals surface area contributed by atoms with E-state index in [0.717, 1.165) is 44.7 Å². The van der Waals surface area contributed by atoms with E-state index in [4.69, 9.17) is 21.5 Å². The van der Waals surface area contributed by atoms with Crippen LogP contribution >= 0.6 is 0 Å². The second-order valence-corrected chi connectivity index (χ2v) is 14.7. The van der Waals surface area contributed by atoms with Gasteiger partial charge in [0.1, 0.15) is 0 Å². The van der Waals surface area contributed by atoms with Crippen LogP contribution in [0.25, 0.3) is 105 Å². The van der Waals surface area contributed by atoms with Crippen molar-refractivity contribution in [1.29, 1.82) is 5.26 Å². The Bertz CT molecular complexity index is 3550. The fraction of sp³-hybridized carbons (Fsp3) is 0. The molecule has 0 saturated heterocycles. The van der Waals surface area contributed by atoms with Gasteiger partial charge in [0, 0.05) is 49.6 Å². The maximum absolute atomic E-state index is 9.60. The van der Waals surface area contributed by atoms with Crippen LogP contribution in [0, 0.1) is 17.9 Å². The Labute approximate surface area is 345 Å². The molecule has 0 aliphatic heterocycles.